The Morgan fingerprint density at radius 1 is 1.23 bits per heavy atom. The minimum absolute atomic E-state index is 0.0816. The Morgan fingerprint density at radius 2 is 2.00 bits per heavy atom. The SMILES string of the molecule is CNc1ccc2c(c1)CC(C)(N1CC3(CCC3)CNC1=O)C2. The van der Waals surface area contributed by atoms with E-state index in [1.54, 1.807) is 0 Å². The maximum atomic E-state index is 12.5. The number of urea groups is 1. The molecule has 1 heterocycles. The molecular formula is C18H25N3O. The van der Waals surface area contributed by atoms with Gasteiger partial charge in [-0.2, -0.15) is 0 Å². The lowest BCUT2D eigenvalue weighted by atomic mass is 9.67. The van der Waals surface area contributed by atoms with Gasteiger partial charge in [0.25, 0.3) is 0 Å². The minimum Gasteiger partial charge on any atom is -0.388 e. The topological polar surface area (TPSA) is 44.4 Å². The normalized spacial score (nSPS) is 29.0. The van der Waals surface area contributed by atoms with E-state index in [1.807, 2.05) is 7.05 Å². The number of benzene rings is 1. The molecule has 4 rings (SSSR count). The molecule has 1 saturated heterocycles. The molecule has 3 aliphatic rings. The number of carbonyl (C=O) groups is 1. The molecule has 4 nitrogen and oxygen atoms in total. The minimum atomic E-state index is -0.0816. The van der Waals surface area contributed by atoms with Gasteiger partial charge in [0, 0.05) is 36.8 Å². The van der Waals surface area contributed by atoms with Crippen molar-refractivity contribution >= 4 is 11.7 Å². The van der Waals surface area contributed by atoms with E-state index in [-0.39, 0.29) is 11.6 Å². The van der Waals surface area contributed by atoms with E-state index in [0.29, 0.717) is 5.41 Å². The van der Waals surface area contributed by atoms with Crippen LogP contribution in [0.3, 0.4) is 0 Å². The van der Waals surface area contributed by atoms with Crippen LogP contribution < -0.4 is 10.6 Å². The lowest BCUT2D eigenvalue weighted by Crippen LogP contribution is -2.65. The van der Waals surface area contributed by atoms with E-state index in [2.05, 4.69) is 40.7 Å². The predicted molar refractivity (Wildman–Crippen MR) is 88.2 cm³/mol. The van der Waals surface area contributed by atoms with Gasteiger partial charge in [-0.3, -0.25) is 0 Å². The number of anilines is 1. The number of fused-ring (bicyclic) bond motifs is 1. The van der Waals surface area contributed by atoms with Crippen LogP contribution in [0.25, 0.3) is 0 Å². The quantitative estimate of drug-likeness (QED) is 0.882. The lowest BCUT2D eigenvalue weighted by molar-refractivity contribution is 0.0127. The lowest BCUT2D eigenvalue weighted by Gasteiger charge is -2.53. The highest BCUT2D eigenvalue weighted by Gasteiger charge is 2.49. The van der Waals surface area contributed by atoms with E-state index in [9.17, 15) is 4.79 Å². The largest absolute Gasteiger partial charge is 0.388 e. The van der Waals surface area contributed by atoms with Gasteiger partial charge in [0.1, 0.15) is 0 Å². The number of hydrogen-bond acceptors (Lipinski definition) is 2. The van der Waals surface area contributed by atoms with Crippen LogP contribution in [0.15, 0.2) is 18.2 Å². The fraction of sp³-hybridized carbons (Fsp3) is 0.611. The highest BCUT2D eigenvalue weighted by Crippen LogP contribution is 2.46. The molecule has 1 aromatic carbocycles. The second-order valence-corrected chi connectivity index (χ2v) is 7.68. The Labute approximate surface area is 132 Å². The van der Waals surface area contributed by atoms with E-state index >= 15 is 0 Å². The molecule has 1 saturated carbocycles. The summed E-state index contributed by atoms with van der Waals surface area (Å²) in [7, 11) is 1.95. The molecule has 2 fully saturated rings. The molecule has 1 atom stereocenters. The molecule has 2 amide bonds. The highest BCUT2D eigenvalue weighted by atomic mass is 16.2. The zero-order valence-corrected chi connectivity index (χ0v) is 13.5. The van der Waals surface area contributed by atoms with E-state index in [4.69, 9.17) is 0 Å². The standard InChI is InChI=1S/C18H25N3O/c1-17(9-13-4-5-15(19-2)8-14(13)10-17)21-12-18(6-3-7-18)11-20-16(21)22/h4-5,8,19H,3,6-7,9-12H2,1-2H3,(H,20,22). The summed E-state index contributed by atoms with van der Waals surface area (Å²) in [6.07, 6.45) is 5.76. The van der Waals surface area contributed by atoms with Crippen molar-refractivity contribution in [2.45, 2.75) is 44.6 Å². The van der Waals surface area contributed by atoms with Gasteiger partial charge in [-0.1, -0.05) is 12.5 Å². The summed E-state index contributed by atoms with van der Waals surface area (Å²) in [4.78, 5) is 14.6. The van der Waals surface area contributed by atoms with Crippen LogP contribution in [0.4, 0.5) is 10.5 Å². The maximum Gasteiger partial charge on any atom is 0.317 e. The maximum absolute atomic E-state index is 12.5. The molecule has 2 N–H and O–H groups in total. The Hall–Kier alpha value is -1.71. The van der Waals surface area contributed by atoms with Crippen molar-refractivity contribution < 1.29 is 4.79 Å². The van der Waals surface area contributed by atoms with Gasteiger partial charge in [-0.15, -0.1) is 0 Å². The van der Waals surface area contributed by atoms with E-state index < -0.39 is 0 Å². The molecule has 1 spiro atoms. The monoisotopic (exact) mass is 299 g/mol. The third kappa shape index (κ3) is 2.00. The summed E-state index contributed by atoms with van der Waals surface area (Å²) in [5, 5.41) is 6.36. The van der Waals surface area contributed by atoms with Crippen molar-refractivity contribution in [3.63, 3.8) is 0 Å². The van der Waals surface area contributed by atoms with Crippen LogP contribution in [-0.2, 0) is 12.8 Å². The molecule has 1 aliphatic heterocycles. The van der Waals surface area contributed by atoms with Crippen LogP contribution >= 0.6 is 0 Å². The highest BCUT2D eigenvalue weighted by molar-refractivity contribution is 5.76. The molecule has 0 bridgehead atoms. The van der Waals surface area contributed by atoms with Gasteiger partial charge in [-0.05, 0) is 55.9 Å². The number of carbonyl (C=O) groups excluding carboxylic acids is 1. The van der Waals surface area contributed by atoms with E-state index in [0.717, 1.165) is 31.6 Å². The second-order valence-electron chi connectivity index (χ2n) is 7.68. The van der Waals surface area contributed by atoms with Gasteiger partial charge in [0.05, 0.1) is 0 Å². The first-order chi connectivity index (χ1) is 10.5. The average Bonchev–Trinajstić information content (AvgIpc) is 2.82. The molecule has 1 unspecified atom stereocenters. The third-order valence-corrected chi connectivity index (χ3v) is 6.06. The number of hydrogen-bond donors (Lipinski definition) is 2. The predicted octanol–water partition coefficient (Wildman–Crippen LogP) is 2.78. The summed E-state index contributed by atoms with van der Waals surface area (Å²) in [6.45, 7) is 4.06. The molecule has 0 radical (unpaired) electrons. The second kappa shape index (κ2) is 4.64. The van der Waals surface area contributed by atoms with Gasteiger partial charge >= 0.3 is 6.03 Å². The summed E-state index contributed by atoms with van der Waals surface area (Å²) < 4.78 is 0. The fourth-order valence-electron chi connectivity index (χ4n) is 4.46. The third-order valence-electron chi connectivity index (χ3n) is 6.06. The first-order valence-corrected chi connectivity index (χ1v) is 8.39. The number of nitrogens with one attached hydrogen (secondary N) is 2. The van der Waals surface area contributed by atoms with Crippen LogP contribution in [0.5, 0.6) is 0 Å². The summed E-state index contributed by atoms with van der Waals surface area (Å²) in [6, 6.07) is 6.71. The summed E-state index contributed by atoms with van der Waals surface area (Å²) in [5.41, 5.74) is 4.20. The molecule has 118 valence electrons. The molecule has 0 aromatic heterocycles. The Morgan fingerprint density at radius 3 is 2.68 bits per heavy atom. The summed E-state index contributed by atoms with van der Waals surface area (Å²) >= 11 is 0. The van der Waals surface area contributed by atoms with Crippen LogP contribution in [0, 0.1) is 5.41 Å². The van der Waals surface area contributed by atoms with Gasteiger partial charge < -0.3 is 15.5 Å². The van der Waals surface area contributed by atoms with Crippen molar-refractivity contribution in [2.75, 3.05) is 25.5 Å². The molecule has 4 heteroatoms. The average molecular weight is 299 g/mol. The Kier molecular flexibility index (Phi) is 2.94. The fourth-order valence-corrected chi connectivity index (χ4v) is 4.46. The zero-order valence-electron chi connectivity index (χ0n) is 13.5. The zero-order chi connectivity index (χ0) is 15.4. The first kappa shape index (κ1) is 13.9. The molecule has 2 aliphatic carbocycles. The summed E-state index contributed by atoms with van der Waals surface area (Å²) in [5.74, 6) is 0. The van der Waals surface area contributed by atoms with Crippen molar-refractivity contribution in [1.82, 2.24) is 10.2 Å². The van der Waals surface area contributed by atoms with Gasteiger partial charge in [0.15, 0.2) is 0 Å². The molecule has 22 heavy (non-hydrogen) atoms. The molecule has 1 aromatic rings. The van der Waals surface area contributed by atoms with Crippen molar-refractivity contribution in [1.29, 1.82) is 0 Å². The smallest absolute Gasteiger partial charge is 0.317 e. The van der Waals surface area contributed by atoms with Crippen molar-refractivity contribution in [2.24, 2.45) is 5.41 Å². The Balaban J connectivity index is 1.60. The van der Waals surface area contributed by atoms with E-state index in [1.165, 1.54) is 30.4 Å². The van der Waals surface area contributed by atoms with Crippen LogP contribution in [-0.4, -0.2) is 36.6 Å². The first-order valence-electron chi connectivity index (χ1n) is 8.39. The van der Waals surface area contributed by atoms with Crippen molar-refractivity contribution in [3.8, 4) is 0 Å². The van der Waals surface area contributed by atoms with Crippen LogP contribution in [0.1, 0.15) is 37.3 Å². The van der Waals surface area contributed by atoms with Gasteiger partial charge in [0.2, 0.25) is 0 Å². The number of nitrogens with zero attached hydrogens (tertiary/aromatic N) is 1. The molecular weight excluding hydrogens is 274 g/mol. The number of amides is 2. The van der Waals surface area contributed by atoms with Crippen molar-refractivity contribution in [3.05, 3.63) is 29.3 Å². The number of rotatable bonds is 2. The Bertz CT molecular complexity index is 623. The van der Waals surface area contributed by atoms with Gasteiger partial charge in [-0.25, -0.2) is 4.79 Å². The van der Waals surface area contributed by atoms with Crippen LogP contribution in [0.2, 0.25) is 0 Å².